The Hall–Kier alpha value is -2.46. The molecule has 3 rings (SSSR count). The lowest BCUT2D eigenvalue weighted by Crippen LogP contribution is -2.09. The third-order valence-corrected chi connectivity index (χ3v) is 3.44. The van der Waals surface area contributed by atoms with E-state index in [4.69, 9.17) is 10.2 Å². The molecule has 0 bridgehead atoms. The van der Waals surface area contributed by atoms with Crippen molar-refractivity contribution < 1.29 is 4.42 Å². The van der Waals surface area contributed by atoms with Gasteiger partial charge in [0.2, 0.25) is 0 Å². The molecule has 2 N–H and O–H groups in total. The maximum absolute atomic E-state index is 12.4. The van der Waals surface area contributed by atoms with Crippen LogP contribution in [0.15, 0.2) is 51.9 Å². The Labute approximate surface area is 122 Å². The van der Waals surface area contributed by atoms with Crippen LogP contribution in [0.5, 0.6) is 0 Å². The molecule has 21 heavy (non-hydrogen) atoms. The lowest BCUT2D eigenvalue weighted by atomic mass is 10.0. The zero-order valence-electron chi connectivity index (χ0n) is 12.0. The first-order valence-corrected chi connectivity index (χ1v) is 6.80. The van der Waals surface area contributed by atoms with Crippen LogP contribution < -0.4 is 11.2 Å². The number of nitrogens with zero attached hydrogens (tertiary/aromatic N) is 1. The third kappa shape index (κ3) is 2.45. The molecule has 4 nitrogen and oxygen atoms in total. The van der Waals surface area contributed by atoms with Gasteiger partial charge in [0, 0.05) is 35.6 Å². The number of hydrogen-bond acceptors (Lipinski definition) is 4. The molecule has 3 aromatic rings. The number of rotatable bonds is 2. The second-order valence-electron chi connectivity index (χ2n) is 5.24. The van der Waals surface area contributed by atoms with E-state index in [-0.39, 0.29) is 11.5 Å². The second kappa shape index (κ2) is 5.14. The molecule has 1 aromatic carbocycles. The van der Waals surface area contributed by atoms with Gasteiger partial charge in [0.15, 0.2) is 5.43 Å². The fourth-order valence-electron chi connectivity index (χ4n) is 2.42. The van der Waals surface area contributed by atoms with E-state index in [9.17, 15) is 4.79 Å². The molecule has 0 aliphatic rings. The highest BCUT2D eigenvalue weighted by molar-refractivity contribution is 5.82. The van der Waals surface area contributed by atoms with Crippen molar-refractivity contribution in [2.45, 2.75) is 19.9 Å². The van der Waals surface area contributed by atoms with Gasteiger partial charge in [0.1, 0.15) is 11.3 Å². The molecule has 2 aromatic heterocycles. The number of benzene rings is 1. The highest BCUT2D eigenvalue weighted by Crippen LogP contribution is 2.27. The van der Waals surface area contributed by atoms with Crippen molar-refractivity contribution in [3.8, 4) is 11.3 Å². The van der Waals surface area contributed by atoms with Crippen LogP contribution in [0.25, 0.3) is 22.3 Å². The smallest absolute Gasteiger partial charge is 0.193 e. The van der Waals surface area contributed by atoms with Crippen molar-refractivity contribution in [3.05, 3.63) is 64.1 Å². The predicted molar refractivity (Wildman–Crippen MR) is 83.1 cm³/mol. The highest BCUT2D eigenvalue weighted by Gasteiger charge is 2.13. The zero-order valence-corrected chi connectivity index (χ0v) is 12.0. The van der Waals surface area contributed by atoms with Gasteiger partial charge in [-0.05, 0) is 37.6 Å². The number of aromatic nitrogens is 1. The molecule has 0 spiro atoms. The van der Waals surface area contributed by atoms with Crippen molar-refractivity contribution in [1.82, 2.24) is 4.98 Å². The first kappa shape index (κ1) is 13.5. The monoisotopic (exact) mass is 280 g/mol. The van der Waals surface area contributed by atoms with Crippen molar-refractivity contribution in [3.63, 3.8) is 0 Å². The minimum atomic E-state index is -0.209. The Bertz CT molecular complexity index is 852. The van der Waals surface area contributed by atoms with Gasteiger partial charge in [-0.25, -0.2) is 0 Å². The number of pyridine rings is 1. The van der Waals surface area contributed by atoms with Crippen LogP contribution in [0.4, 0.5) is 0 Å². The third-order valence-electron chi connectivity index (χ3n) is 3.44. The molecule has 0 aliphatic carbocycles. The summed E-state index contributed by atoms with van der Waals surface area (Å²) in [4.78, 5) is 16.4. The lowest BCUT2D eigenvalue weighted by Gasteiger charge is -2.11. The summed E-state index contributed by atoms with van der Waals surface area (Å²) in [5.74, 6) is 0.506. The first-order chi connectivity index (χ1) is 10.1. The van der Waals surface area contributed by atoms with E-state index in [0.29, 0.717) is 16.7 Å². The van der Waals surface area contributed by atoms with Gasteiger partial charge in [-0.1, -0.05) is 6.07 Å². The van der Waals surface area contributed by atoms with E-state index >= 15 is 0 Å². The molecule has 2 heterocycles. The molecule has 4 heteroatoms. The van der Waals surface area contributed by atoms with Gasteiger partial charge in [-0.3, -0.25) is 9.78 Å². The number of fused-ring (bicyclic) bond motifs is 1. The largest absolute Gasteiger partial charge is 0.455 e. The maximum Gasteiger partial charge on any atom is 0.193 e. The van der Waals surface area contributed by atoms with E-state index in [1.165, 1.54) is 6.07 Å². The number of aryl methyl sites for hydroxylation is 1. The van der Waals surface area contributed by atoms with Gasteiger partial charge in [0.05, 0.1) is 5.39 Å². The Morgan fingerprint density at radius 1 is 1.29 bits per heavy atom. The maximum atomic E-state index is 12.4. The van der Waals surface area contributed by atoms with E-state index in [2.05, 4.69) is 4.98 Å². The van der Waals surface area contributed by atoms with E-state index in [1.54, 1.807) is 18.5 Å². The zero-order chi connectivity index (χ0) is 15.0. The molecule has 0 fully saturated rings. The summed E-state index contributed by atoms with van der Waals surface area (Å²) in [5, 5.41) is 0.565. The van der Waals surface area contributed by atoms with Crippen LogP contribution in [-0.4, -0.2) is 4.98 Å². The molecular formula is C17H16N2O2. The van der Waals surface area contributed by atoms with Crippen molar-refractivity contribution in [2.24, 2.45) is 5.73 Å². The minimum Gasteiger partial charge on any atom is -0.455 e. The highest BCUT2D eigenvalue weighted by atomic mass is 16.3. The summed E-state index contributed by atoms with van der Waals surface area (Å²) in [7, 11) is 0. The van der Waals surface area contributed by atoms with Gasteiger partial charge < -0.3 is 10.2 Å². The molecule has 0 amide bonds. The molecule has 106 valence electrons. The van der Waals surface area contributed by atoms with Crippen LogP contribution >= 0.6 is 0 Å². The predicted octanol–water partition coefficient (Wildman–Crippen LogP) is 3.18. The van der Waals surface area contributed by atoms with E-state index < -0.39 is 0 Å². The van der Waals surface area contributed by atoms with E-state index in [1.807, 2.05) is 32.0 Å². The fraction of sp³-hybridized carbons (Fsp3) is 0.176. The normalized spacial score (nSPS) is 12.5. The average molecular weight is 280 g/mol. The summed E-state index contributed by atoms with van der Waals surface area (Å²) < 4.78 is 5.96. The standard InChI is InChI=1S/C17H16N2O2/c1-10-6-13(11(2)18)17-14(7-10)15(20)8-16(21-17)12-4-3-5-19-9-12/h3-9,11H,18H2,1-2H3/t11-/m1/s1. The molecule has 0 radical (unpaired) electrons. The molecule has 0 saturated carbocycles. The molecule has 0 aliphatic heterocycles. The summed E-state index contributed by atoms with van der Waals surface area (Å²) in [6.45, 7) is 3.82. The van der Waals surface area contributed by atoms with Crippen molar-refractivity contribution >= 4 is 11.0 Å². The van der Waals surface area contributed by atoms with Crippen LogP contribution in [0.2, 0.25) is 0 Å². The van der Waals surface area contributed by atoms with Crippen LogP contribution in [0.1, 0.15) is 24.1 Å². The minimum absolute atomic E-state index is 0.0688. The Balaban J connectivity index is 2.35. The van der Waals surface area contributed by atoms with Gasteiger partial charge in [0.25, 0.3) is 0 Å². The molecule has 0 saturated heterocycles. The summed E-state index contributed by atoms with van der Waals surface area (Å²) in [5.41, 5.74) is 9.11. The Morgan fingerprint density at radius 2 is 2.10 bits per heavy atom. The van der Waals surface area contributed by atoms with Crippen molar-refractivity contribution in [1.29, 1.82) is 0 Å². The number of hydrogen-bond donors (Lipinski definition) is 1. The Kier molecular flexibility index (Phi) is 3.31. The topological polar surface area (TPSA) is 69.1 Å². The van der Waals surface area contributed by atoms with Crippen LogP contribution in [-0.2, 0) is 0 Å². The molecule has 1 atom stereocenters. The first-order valence-electron chi connectivity index (χ1n) is 6.80. The lowest BCUT2D eigenvalue weighted by molar-refractivity contribution is 0.607. The fourth-order valence-corrected chi connectivity index (χ4v) is 2.42. The average Bonchev–Trinajstić information content (AvgIpc) is 2.48. The number of nitrogens with two attached hydrogens (primary N) is 1. The van der Waals surface area contributed by atoms with Gasteiger partial charge in [-0.2, -0.15) is 0 Å². The molecular weight excluding hydrogens is 264 g/mol. The van der Waals surface area contributed by atoms with Gasteiger partial charge in [-0.15, -0.1) is 0 Å². The van der Waals surface area contributed by atoms with Crippen LogP contribution in [0.3, 0.4) is 0 Å². The van der Waals surface area contributed by atoms with E-state index in [0.717, 1.165) is 16.7 Å². The second-order valence-corrected chi connectivity index (χ2v) is 5.24. The van der Waals surface area contributed by atoms with Crippen LogP contribution in [0, 0.1) is 6.92 Å². The quantitative estimate of drug-likeness (QED) is 0.782. The summed E-state index contributed by atoms with van der Waals surface area (Å²) in [6, 6.07) is 8.75. The summed E-state index contributed by atoms with van der Waals surface area (Å²) in [6.07, 6.45) is 3.35. The van der Waals surface area contributed by atoms with Gasteiger partial charge >= 0.3 is 0 Å². The summed E-state index contributed by atoms with van der Waals surface area (Å²) >= 11 is 0. The molecule has 0 unspecified atom stereocenters. The van der Waals surface area contributed by atoms with Crippen molar-refractivity contribution in [2.75, 3.05) is 0 Å². The SMILES string of the molecule is Cc1cc([C@@H](C)N)c2oc(-c3cccnc3)cc(=O)c2c1. The Morgan fingerprint density at radius 3 is 2.76 bits per heavy atom.